The van der Waals surface area contributed by atoms with Gasteiger partial charge in [0, 0.05) is 13.1 Å². The van der Waals surface area contributed by atoms with E-state index in [9.17, 15) is 4.79 Å². The number of nitrogens with two attached hydrogens (primary N) is 1. The molecule has 1 aromatic rings. The minimum Gasteiger partial charge on any atom is -0.461 e. The average molecular weight is 280 g/mol. The van der Waals surface area contributed by atoms with Gasteiger partial charge in [-0.1, -0.05) is 6.42 Å². The van der Waals surface area contributed by atoms with Crippen LogP contribution < -0.4 is 5.73 Å². The monoisotopic (exact) mass is 280 g/mol. The van der Waals surface area contributed by atoms with E-state index in [1.54, 1.807) is 14.0 Å². The van der Waals surface area contributed by atoms with Crippen LogP contribution in [-0.2, 0) is 11.8 Å². The van der Waals surface area contributed by atoms with Gasteiger partial charge in [0.25, 0.3) is 0 Å². The summed E-state index contributed by atoms with van der Waals surface area (Å²) in [6.45, 7) is 3.34. The number of hydrogen-bond donors (Lipinski definition) is 1. The van der Waals surface area contributed by atoms with Gasteiger partial charge in [0.1, 0.15) is 0 Å². The predicted octanol–water partition coefficient (Wildman–Crippen LogP) is 1.34. The standard InChI is InChI=1S/C14H24N4O2/c1-10-12(15)13(18(3)16-10)14(19)20-9-7-11-6-4-5-8-17(11)2/h11H,4-9,15H2,1-3H3. The maximum absolute atomic E-state index is 12.0. The second kappa shape index (κ2) is 6.26. The van der Waals surface area contributed by atoms with E-state index < -0.39 is 0 Å². The third-order valence-electron chi connectivity index (χ3n) is 4.07. The van der Waals surface area contributed by atoms with Gasteiger partial charge in [0.2, 0.25) is 0 Å². The molecule has 0 aromatic carbocycles. The number of likely N-dealkylation sites (tertiary alicyclic amines) is 1. The molecule has 0 saturated carbocycles. The van der Waals surface area contributed by atoms with E-state index in [1.807, 2.05) is 0 Å². The van der Waals surface area contributed by atoms with E-state index in [0.717, 1.165) is 13.0 Å². The molecule has 0 aliphatic carbocycles. The van der Waals surface area contributed by atoms with Gasteiger partial charge in [0.15, 0.2) is 5.69 Å². The van der Waals surface area contributed by atoms with Crippen molar-refractivity contribution in [1.29, 1.82) is 0 Å². The molecule has 1 unspecified atom stereocenters. The largest absolute Gasteiger partial charge is 0.461 e. The summed E-state index contributed by atoms with van der Waals surface area (Å²) < 4.78 is 6.83. The number of anilines is 1. The fourth-order valence-electron chi connectivity index (χ4n) is 2.78. The van der Waals surface area contributed by atoms with Crippen molar-refractivity contribution >= 4 is 11.7 Å². The molecule has 2 heterocycles. The van der Waals surface area contributed by atoms with Crippen molar-refractivity contribution in [3.8, 4) is 0 Å². The van der Waals surface area contributed by atoms with Crippen molar-refractivity contribution in [3.05, 3.63) is 11.4 Å². The molecule has 0 spiro atoms. The average Bonchev–Trinajstić information content (AvgIpc) is 2.65. The number of hydrogen-bond acceptors (Lipinski definition) is 5. The number of nitrogens with zero attached hydrogens (tertiary/aromatic N) is 3. The summed E-state index contributed by atoms with van der Waals surface area (Å²) in [6.07, 6.45) is 4.58. The van der Waals surface area contributed by atoms with Crippen LogP contribution >= 0.6 is 0 Å². The molecule has 1 aromatic heterocycles. The zero-order chi connectivity index (χ0) is 14.7. The Morgan fingerprint density at radius 2 is 2.20 bits per heavy atom. The lowest BCUT2D eigenvalue weighted by atomic mass is 10.0. The molecule has 1 atom stereocenters. The van der Waals surface area contributed by atoms with Crippen LogP contribution in [0, 0.1) is 6.92 Å². The van der Waals surface area contributed by atoms with E-state index in [1.165, 1.54) is 23.9 Å². The van der Waals surface area contributed by atoms with E-state index in [4.69, 9.17) is 10.5 Å². The van der Waals surface area contributed by atoms with Crippen LogP contribution in [0.15, 0.2) is 0 Å². The van der Waals surface area contributed by atoms with Gasteiger partial charge in [-0.25, -0.2) is 4.79 Å². The SMILES string of the molecule is Cc1nn(C)c(C(=O)OCCC2CCCCN2C)c1N. The summed E-state index contributed by atoms with van der Waals surface area (Å²) in [5, 5.41) is 4.12. The first-order valence-electron chi connectivity index (χ1n) is 7.17. The molecule has 1 aliphatic rings. The molecule has 0 bridgehead atoms. The van der Waals surface area contributed by atoms with Crippen LogP contribution in [0.4, 0.5) is 5.69 Å². The minimum absolute atomic E-state index is 0.347. The number of esters is 1. The summed E-state index contributed by atoms with van der Waals surface area (Å²) in [4.78, 5) is 14.4. The molecule has 112 valence electrons. The van der Waals surface area contributed by atoms with E-state index in [0.29, 0.717) is 29.7 Å². The molecule has 20 heavy (non-hydrogen) atoms. The summed E-state index contributed by atoms with van der Waals surface area (Å²) in [6, 6.07) is 0.516. The maximum Gasteiger partial charge on any atom is 0.358 e. The van der Waals surface area contributed by atoms with E-state index >= 15 is 0 Å². The highest BCUT2D eigenvalue weighted by molar-refractivity contribution is 5.93. The van der Waals surface area contributed by atoms with Gasteiger partial charge in [-0.05, 0) is 39.8 Å². The molecule has 0 amide bonds. The minimum atomic E-state index is -0.385. The smallest absolute Gasteiger partial charge is 0.358 e. The number of ether oxygens (including phenoxy) is 1. The third kappa shape index (κ3) is 3.12. The molecule has 1 fully saturated rings. The molecule has 1 aliphatic heterocycles. The van der Waals surface area contributed by atoms with Gasteiger partial charge in [-0.2, -0.15) is 5.10 Å². The summed E-state index contributed by atoms with van der Waals surface area (Å²) in [5.74, 6) is -0.385. The highest BCUT2D eigenvalue weighted by Crippen LogP contribution is 2.19. The molecular formula is C14H24N4O2. The molecule has 2 rings (SSSR count). The first-order valence-corrected chi connectivity index (χ1v) is 7.17. The lowest BCUT2D eigenvalue weighted by Crippen LogP contribution is -2.37. The maximum atomic E-state index is 12.0. The van der Waals surface area contributed by atoms with Crippen LogP contribution in [0.3, 0.4) is 0 Å². The van der Waals surface area contributed by atoms with Crippen LogP contribution in [0.1, 0.15) is 41.9 Å². The van der Waals surface area contributed by atoms with Gasteiger partial charge in [-0.3, -0.25) is 4.68 Å². The second-order valence-electron chi connectivity index (χ2n) is 5.53. The first kappa shape index (κ1) is 14.8. The fourth-order valence-corrected chi connectivity index (χ4v) is 2.78. The Bertz CT molecular complexity index is 484. The summed E-state index contributed by atoms with van der Waals surface area (Å²) in [7, 11) is 3.84. The molecular weight excluding hydrogens is 256 g/mol. The highest BCUT2D eigenvalue weighted by Gasteiger charge is 2.22. The van der Waals surface area contributed by atoms with E-state index in [2.05, 4.69) is 17.0 Å². The van der Waals surface area contributed by atoms with Crippen molar-refractivity contribution in [1.82, 2.24) is 14.7 Å². The molecule has 6 heteroatoms. The van der Waals surface area contributed by atoms with Gasteiger partial charge in [-0.15, -0.1) is 0 Å². The Balaban J connectivity index is 1.86. The van der Waals surface area contributed by atoms with Crippen LogP contribution in [0.2, 0.25) is 0 Å². The fraction of sp³-hybridized carbons (Fsp3) is 0.714. The van der Waals surface area contributed by atoms with Gasteiger partial charge >= 0.3 is 5.97 Å². The van der Waals surface area contributed by atoms with Crippen molar-refractivity contribution in [3.63, 3.8) is 0 Å². The quantitative estimate of drug-likeness (QED) is 0.843. The molecule has 6 nitrogen and oxygen atoms in total. The van der Waals surface area contributed by atoms with Crippen molar-refractivity contribution in [2.75, 3.05) is 25.9 Å². The molecule has 2 N–H and O–H groups in total. The van der Waals surface area contributed by atoms with Crippen molar-refractivity contribution in [2.45, 2.75) is 38.6 Å². The Kier molecular flexibility index (Phi) is 4.65. The number of aryl methyl sites for hydroxylation is 2. The normalized spacial score (nSPS) is 20.1. The van der Waals surface area contributed by atoms with Crippen LogP contribution in [0.25, 0.3) is 0 Å². The van der Waals surface area contributed by atoms with Gasteiger partial charge < -0.3 is 15.4 Å². The zero-order valence-corrected chi connectivity index (χ0v) is 12.6. The van der Waals surface area contributed by atoms with Crippen LogP contribution in [-0.4, -0.2) is 46.9 Å². The lowest BCUT2D eigenvalue weighted by Gasteiger charge is -2.32. The van der Waals surface area contributed by atoms with Crippen LogP contribution in [0.5, 0.6) is 0 Å². The lowest BCUT2D eigenvalue weighted by molar-refractivity contribution is 0.0439. The Hall–Kier alpha value is -1.56. The number of carbonyl (C=O) groups is 1. The first-order chi connectivity index (χ1) is 9.50. The third-order valence-corrected chi connectivity index (χ3v) is 4.07. The zero-order valence-electron chi connectivity index (χ0n) is 12.6. The highest BCUT2D eigenvalue weighted by atomic mass is 16.5. The Morgan fingerprint density at radius 3 is 2.80 bits per heavy atom. The Labute approximate surface area is 119 Å². The van der Waals surface area contributed by atoms with Crippen molar-refractivity contribution in [2.24, 2.45) is 7.05 Å². The second-order valence-corrected chi connectivity index (χ2v) is 5.53. The number of carbonyl (C=O) groups excluding carboxylic acids is 1. The van der Waals surface area contributed by atoms with Crippen molar-refractivity contribution < 1.29 is 9.53 Å². The predicted molar refractivity (Wildman–Crippen MR) is 77.5 cm³/mol. The topological polar surface area (TPSA) is 73.4 Å². The number of aromatic nitrogens is 2. The summed E-state index contributed by atoms with van der Waals surface area (Å²) >= 11 is 0. The van der Waals surface area contributed by atoms with E-state index in [-0.39, 0.29) is 5.97 Å². The number of piperidine rings is 1. The van der Waals surface area contributed by atoms with Gasteiger partial charge in [0.05, 0.1) is 18.0 Å². The molecule has 0 radical (unpaired) electrons. The number of nitrogen functional groups attached to an aromatic ring is 1. The number of rotatable bonds is 4. The Morgan fingerprint density at radius 1 is 1.45 bits per heavy atom. The summed E-state index contributed by atoms with van der Waals surface area (Å²) in [5.41, 5.74) is 7.26. The molecule has 1 saturated heterocycles.